The molecule has 30 heavy (non-hydrogen) atoms. The standard InChI is InChI=1S/C21H22ClN5O3/c1-12(2)23-20(28)17-9-8-14(22)10-18(17)24-21(29)19-13(3)27(26-25-19)15-6-5-7-16(11-15)30-4/h5-12H,1-4H3,(H,23,28)(H,24,29). The van der Waals surface area contributed by atoms with Crippen molar-refractivity contribution in [3.8, 4) is 11.4 Å². The van der Waals surface area contributed by atoms with Crippen LogP contribution in [0.25, 0.3) is 5.69 Å². The molecule has 0 aliphatic carbocycles. The minimum Gasteiger partial charge on any atom is -0.497 e. The van der Waals surface area contributed by atoms with Gasteiger partial charge in [-0.3, -0.25) is 9.59 Å². The van der Waals surface area contributed by atoms with E-state index < -0.39 is 5.91 Å². The number of halogens is 1. The van der Waals surface area contributed by atoms with Gasteiger partial charge in [0.1, 0.15) is 5.75 Å². The van der Waals surface area contributed by atoms with Crippen LogP contribution in [0.3, 0.4) is 0 Å². The fourth-order valence-electron chi connectivity index (χ4n) is 2.87. The number of benzene rings is 2. The maximum atomic E-state index is 12.9. The first-order chi connectivity index (χ1) is 14.3. The molecule has 1 aromatic heterocycles. The minimum absolute atomic E-state index is 0.0539. The Labute approximate surface area is 179 Å². The number of hydrogen-bond donors (Lipinski definition) is 2. The van der Waals surface area contributed by atoms with Crippen LogP contribution in [0.5, 0.6) is 5.75 Å². The van der Waals surface area contributed by atoms with E-state index in [-0.39, 0.29) is 17.6 Å². The number of carbonyl (C=O) groups excluding carboxylic acids is 2. The third-order valence-electron chi connectivity index (χ3n) is 4.30. The molecule has 9 heteroatoms. The van der Waals surface area contributed by atoms with E-state index in [0.717, 1.165) is 0 Å². The van der Waals surface area contributed by atoms with E-state index in [1.165, 1.54) is 6.07 Å². The topological polar surface area (TPSA) is 98.1 Å². The van der Waals surface area contributed by atoms with Crippen molar-refractivity contribution in [1.29, 1.82) is 0 Å². The summed E-state index contributed by atoms with van der Waals surface area (Å²) in [6, 6.07) is 11.9. The van der Waals surface area contributed by atoms with Crippen LogP contribution in [0.4, 0.5) is 5.69 Å². The maximum absolute atomic E-state index is 12.9. The van der Waals surface area contributed by atoms with Crippen molar-refractivity contribution in [3.63, 3.8) is 0 Å². The number of ether oxygens (including phenoxy) is 1. The predicted octanol–water partition coefficient (Wildman–Crippen LogP) is 3.63. The second-order valence-corrected chi connectivity index (χ2v) is 7.35. The van der Waals surface area contributed by atoms with E-state index in [9.17, 15) is 9.59 Å². The molecule has 2 amide bonds. The number of nitrogens with one attached hydrogen (secondary N) is 2. The van der Waals surface area contributed by atoms with Crippen molar-refractivity contribution in [2.45, 2.75) is 26.8 Å². The Kier molecular flexibility index (Phi) is 6.37. The van der Waals surface area contributed by atoms with E-state index in [1.54, 1.807) is 36.9 Å². The first-order valence-electron chi connectivity index (χ1n) is 9.28. The van der Waals surface area contributed by atoms with Crippen LogP contribution >= 0.6 is 11.6 Å². The molecular formula is C21H22ClN5O3. The molecule has 0 aliphatic rings. The van der Waals surface area contributed by atoms with Crippen LogP contribution in [0, 0.1) is 6.92 Å². The summed E-state index contributed by atoms with van der Waals surface area (Å²) >= 11 is 6.07. The summed E-state index contributed by atoms with van der Waals surface area (Å²) in [6.45, 7) is 5.44. The van der Waals surface area contributed by atoms with Gasteiger partial charge in [-0.15, -0.1) is 5.10 Å². The van der Waals surface area contributed by atoms with Gasteiger partial charge in [0.15, 0.2) is 5.69 Å². The molecule has 0 atom stereocenters. The van der Waals surface area contributed by atoms with Crippen LogP contribution < -0.4 is 15.4 Å². The zero-order chi connectivity index (χ0) is 21.8. The molecule has 0 radical (unpaired) electrons. The second-order valence-electron chi connectivity index (χ2n) is 6.91. The van der Waals surface area contributed by atoms with E-state index in [0.29, 0.717) is 33.4 Å². The van der Waals surface area contributed by atoms with Crippen LogP contribution in [0.1, 0.15) is 40.4 Å². The van der Waals surface area contributed by atoms with Gasteiger partial charge in [-0.05, 0) is 51.1 Å². The molecule has 2 N–H and O–H groups in total. The average Bonchev–Trinajstić information content (AvgIpc) is 3.09. The Morgan fingerprint density at radius 2 is 1.90 bits per heavy atom. The Hall–Kier alpha value is -3.39. The van der Waals surface area contributed by atoms with Crippen LogP contribution in [0.2, 0.25) is 5.02 Å². The summed E-state index contributed by atoms with van der Waals surface area (Å²) < 4.78 is 6.78. The van der Waals surface area contributed by atoms with Crippen molar-refractivity contribution in [3.05, 3.63) is 64.4 Å². The molecule has 0 aliphatic heterocycles. The normalized spacial score (nSPS) is 10.7. The predicted molar refractivity (Wildman–Crippen MR) is 115 cm³/mol. The Morgan fingerprint density at radius 3 is 2.60 bits per heavy atom. The van der Waals surface area contributed by atoms with Crippen molar-refractivity contribution in [2.24, 2.45) is 0 Å². The molecule has 8 nitrogen and oxygen atoms in total. The largest absolute Gasteiger partial charge is 0.497 e. The minimum atomic E-state index is -0.498. The number of nitrogens with zero attached hydrogens (tertiary/aromatic N) is 3. The average molecular weight is 428 g/mol. The fraction of sp³-hybridized carbons (Fsp3) is 0.238. The Bertz CT molecular complexity index is 1090. The van der Waals surface area contributed by atoms with E-state index in [2.05, 4.69) is 20.9 Å². The zero-order valence-corrected chi connectivity index (χ0v) is 17.8. The molecule has 0 fully saturated rings. The molecule has 0 saturated heterocycles. The number of hydrogen-bond acceptors (Lipinski definition) is 5. The lowest BCUT2D eigenvalue weighted by atomic mass is 10.1. The summed E-state index contributed by atoms with van der Waals surface area (Å²) in [5.41, 5.74) is 1.97. The number of rotatable bonds is 6. The molecule has 1 heterocycles. The maximum Gasteiger partial charge on any atom is 0.278 e. The first kappa shape index (κ1) is 21.3. The van der Waals surface area contributed by atoms with E-state index >= 15 is 0 Å². The van der Waals surface area contributed by atoms with Crippen LogP contribution in [0.15, 0.2) is 42.5 Å². The molecule has 0 bridgehead atoms. The monoisotopic (exact) mass is 427 g/mol. The lowest BCUT2D eigenvalue weighted by Gasteiger charge is -2.13. The molecule has 0 unspecified atom stereocenters. The first-order valence-corrected chi connectivity index (χ1v) is 9.66. The lowest BCUT2D eigenvalue weighted by molar-refractivity contribution is 0.0944. The Morgan fingerprint density at radius 1 is 1.13 bits per heavy atom. The highest BCUT2D eigenvalue weighted by Gasteiger charge is 2.21. The van der Waals surface area contributed by atoms with E-state index in [1.807, 2.05) is 32.0 Å². The molecule has 3 aromatic rings. The summed E-state index contributed by atoms with van der Waals surface area (Å²) in [5, 5.41) is 14.0. The van der Waals surface area contributed by atoms with Crippen molar-refractivity contribution < 1.29 is 14.3 Å². The molecule has 0 saturated carbocycles. The number of anilines is 1. The van der Waals surface area contributed by atoms with Gasteiger partial charge in [0.25, 0.3) is 11.8 Å². The summed E-state index contributed by atoms with van der Waals surface area (Å²) in [7, 11) is 1.57. The van der Waals surface area contributed by atoms with Gasteiger partial charge >= 0.3 is 0 Å². The smallest absolute Gasteiger partial charge is 0.278 e. The van der Waals surface area contributed by atoms with Gasteiger partial charge in [-0.2, -0.15) is 0 Å². The highest BCUT2D eigenvalue weighted by atomic mass is 35.5. The summed E-state index contributed by atoms with van der Waals surface area (Å²) in [5.74, 6) is -0.149. The molecule has 0 spiro atoms. The Balaban J connectivity index is 1.90. The highest BCUT2D eigenvalue weighted by Crippen LogP contribution is 2.23. The number of aromatic nitrogens is 3. The molecule has 3 rings (SSSR count). The number of amides is 2. The van der Waals surface area contributed by atoms with Crippen molar-refractivity contribution in [1.82, 2.24) is 20.3 Å². The molecule has 2 aromatic carbocycles. The third kappa shape index (κ3) is 4.60. The fourth-order valence-corrected chi connectivity index (χ4v) is 3.04. The summed E-state index contributed by atoms with van der Waals surface area (Å²) in [6.07, 6.45) is 0. The molecular weight excluding hydrogens is 406 g/mol. The second kappa shape index (κ2) is 8.96. The van der Waals surface area contributed by atoms with Crippen LogP contribution in [-0.4, -0.2) is 40.0 Å². The number of carbonyl (C=O) groups is 2. The molecule has 156 valence electrons. The lowest BCUT2D eigenvalue weighted by Crippen LogP contribution is -2.31. The van der Waals surface area contributed by atoms with Gasteiger partial charge in [-0.1, -0.05) is 22.9 Å². The van der Waals surface area contributed by atoms with Gasteiger partial charge in [0.2, 0.25) is 0 Å². The number of methoxy groups -OCH3 is 1. The van der Waals surface area contributed by atoms with Gasteiger partial charge < -0.3 is 15.4 Å². The summed E-state index contributed by atoms with van der Waals surface area (Å²) in [4.78, 5) is 25.4. The zero-order valence-electron chi connectivity index (χ0n) is 17.1. The highest BCUT2D eigenvalue weighted by molar-refractivity contribution is 6.31. The van der Waals surface area contributed by atoms with Gasteiger partial charge in [0.05, 0.1) is 29.7 Å². The van der Waals surface area contributed by atoms with Crippen LogP contribution in [-0.2, 0) is 0 Å². The quantitative estimate of drug-likeness (QED) is 0.626. The van der Waals surface area contributed by atoms with Crippen molar-refractivity contribution in [2.75, 3.05) is 12.4 Å². The SMILES string of the molecule is COc1cccc(-n2nnc(C(=O)Nc3cc(Cl)ccc3C(=O)NC(C)C)c2C)c1. The van der Waals surface area contributed by atoms with Gasteiger partial charge in [0, 0.05) is 17.1 Å². The van der Waals surface area contributed by atoms with E-state index in [4.69, 9.17) is 16.3 Å². The van der Waals surface area contributed by atoms with Gasteiger partial charge in [-0.25, -0.2) is 4.68 Å². The third-order valence-corrected chi connectivity index (χ3v) is 4.54. The van der Waals surface area contributed by atoms with Crippen molar-refractivity contribution >= 4 is 29.1 Å².